The second kappa shape index (κ2) is 12.3. The maximum absolute atomic E-state index is 12.8. The van der Waals surface area contributed by atoms with Crippen molar-refractivity contribution >= 4 is 29.4 Å². The number of amides is 2. The van der Waals surface area contributed by atoms with Gasteiger partial charge in [0.15, 0.2) is 0 Å². The lowest BCUT2D eigenvalue weighted by atomic mass is 9.88. The van der Waals surface area contributed by atoms with Crippen LogP contribution in [0.2, 0.25) is 5.02 Å². The summed E-state index contributed by atoms with van der Waals surface area (Å²) >= 11 is 6.04. The van der Waals surface area contributed by atoms with Gasteiger partial charge in [0.2, 0.25) is 5.91 Å². The summed E-state index contributed by atoms with van der Waals surface area (Å²) in [6.45, 7) is 7.28. The minimum atomic E-state index is -5.08. The van der Waals surface area contributed by atoms with Crippen LogP contribution < -0.4 is 16.4 Å². The van der Waals surface area contributed by atoms with Gasteiger partial charge in [0, 0.05) is 37.7 Å². The van der Waals surface area contributed by atoms with Crippen molar-refractivity contribution in [2.45, 2.75) is 52.2 Å². The zero-order valence-corrected chi connectivity index (χ0v) is 19.8. The Bertz CT molecular complexity index is 877. The van der Waals surface area contributed by atoms with E-state index in [1.54, 1.807) is 32.9 Å². The van der Waals surface area contributed by atoms with Gasteiger partial charge in [-0.2, -0.15) is 13.2 Å². The molecule has 13 heteroatoms. The van der Waals surface area contributed by atoms with Crippen molar-refractivity contribution in [2.24, 2.45) is 11.1 Å². The van der Waals surface area contributed by atoms with Crippen LogP contribution in [0.3, 0.4) is 0 Å². The monoisotopic (exact) mass is 510 g/mol. The van der Waals surface area contributed by atoms with Crippen LogP contribution in [-0.2, 0) is 27.5 Å². The number of benzene rings is 1. The first-order chi connectivity index (χ1) is 15.6. The van der Waals surface area contributed by atoms with E-state index in [9.17, 15) is 27.9 Å². The highest BCUT2D eigenvalue weighted by Gasteiger charge is 2.39. The lowest BCUT2D eigenvalue weighted by molar-refractivity contribution is -0.192. The smallest absolute Gasteiger partial charge is 0.475 e. The number of carbonyl (C=O) groups is 3. The number of nitrogens with one attached hydrogen (secondary N) is 2. The van der Waals surface area contributed by atoms with Crippen LogP contribution in [0, 0.1) is 5.41 Å². The zero-order chi connectivity index (χ0) is 26.3. The van der Waals surface area contributed by atoms with E-state index >= 15 is 0 Å². The van der Waals surface area contributed by atoms with Gasteiger partial charge >= 0.3 is 12.1 Å². The summed E-state index contributed by atoms with van der Waals surface area (Å²) in [5, 5.41) is 24.0. The second-order valence-electron chi connectivity index (χ2n) is 8.66. The Balaban J connectivity index is 0.000000718. The molecule has 192 valence electrons. The first-order valence-electron chi connectivity index (χ1n) is 10.3. The normalized spacial score (nSPS) is 17.3. The quantitative estimate of drug-likeness (QED) is 0.401. The molecule has 2 rings (SSSR count). The number of hydrogen-bond donors (Lipinski definition) is 5. The molecule has 0 saturated carbocycles. The highest BCUT2D eigenvalue weighted by atomic mass is 35.5. The SMILES string of the molecule is CC(C)(C)[C@@H](O)C(=O)N1CCNC[C@H]1C(=O)NCc1cc(Cl)ccc1CN.O=C(O)C(F)(F)F. The van der Waals surface area contributed by atoms with Crippen LogP contribution in [0.1, 0.15) is 31.9 Å². The number of aliphatic hydroxyl groups excluding tert-OH is 1. The lowest BCUT2D eigenvalue weighted by Crippen LogP contribution is -2.62. The van der Waals surface area contributed by atoms with Crippen molar-refractivity contribution in [2.75, 3.05) is 19.6 Å². The van der Waals surface area contributed by atoms with E-state index in [1.165, 1.54) is 4.90 Å². The molecule has 1 fully saturated rings. The van der Waals surface area contributed by atoms with Gasteiger partial charge in [-0.05, 0) is 28.7 Å². The first kappa shape index (κ1) is 29.6. The van der Waals surface area contributed by atoms with Crippen molar-refractivity contribution in [3.63, 3.8) is 0 Å². The Morgan fingerprint density at radius 1 is 1.26 bits per heavy atom. The molecule has 1 aromatic rings. The van der Waals surface area contributed by atoms with Gasteiger partial charge in [0.25, 0.3) is 5.91 Å². The molecular formula is C21H30ClF3N4O5. The molecule has 0 bridgehead atoms. The summed E-state index contributed by atoms with van der Waals surface area (Å²) in [6, 6.07) is 4.69. The van der Waals surface area contributed by atoms with Crippen LogP contribution in [0.5, 0.6) is 0 Å². The van der Waals surface area contributed by atoms with Crippen LogP contribution in [0.15, 0.2) is 18.2 Å². The molecule has 1 aliphatic heterocycles. The molecule has 34 heavy (non-hydrogen) atoms. The summed E-state index contributed by atoms with van der Waals surface area (Å²) in [5.41, 5.74) is 6.88. The Kier molecular flexibility index (Phi) is 10.8. The van der Waals surface area contributed by atoms with Crippen LogP contribution in [0.25, 0.3) is 0 Å². The number of alkyl halides is 3. The molecule has 0 unspecified atom stereocenters. The number of nitrogens with two attached hydrogens (primary N) is 1. The standard InChI is InChI=1S/C19H29ClN4O3.C2HF3O2/c1-19(2,3)16(25)18(27)24-7-6-22-11-15(24)17(26)23-10-13-8-14(20)5-4-12(13)9-21;3-2(4,5)1(6)7/h4-5,8,15-16,22,25H,6-7,9-11,21H2,1-3H3,(H,23,26);(H,6,7)/t15-,16-;/m0./s1. The molecule has 2 atom stereocenters. The first-order valence-corrected chi connectivity index (χ1v) is 10.7. The van der Waals surface area contributed by atoms with E-state index in [-0.39, 0.29) is 12.5 Å². The highest BCUT2D eigenvalue weighted by molar-refractivity contribution is 6.30. The largest absolute Gasteiger partial charge is 0.490 e. The molecule has 0 aliphatic carbocycles. The predicted octanol–water partition coefficient (Wildman–Crippen LogP) is 1.26. The van der Waals surface area contributed by atoms with Gasteiger partial charge in [-0.1, -0.05) is 38.4 Å². The second-order valence-corrected chi connectivity index (χ2v) is 9.09. The van der Waals surface area contributed by atoms with E-state index in [0.29, 0.717) is 31.2 Å². The van der Waals surface area contributed by atoms with E-state index in [4.69, 9.17) is 27.2 Å². The lowest BCUT2D eigenvalue weighted by Gasteiger charge is -2.38. The summed E-state index contributed by atoms with van der Waals surface area (Å²) in [5.74, 6) is -3.46. The van der Waals surface area contributed by atoms with E-state index in [1.807, 2.05) is 6.07 Å². The number of piperazine rings is 1. The Hall–Kier alpha value is -2.41. The number of nitrogens with zero attached hydrogens (tertiary/aromatic N) is 1. The average molecular weight is 511 g/mol. The maximum Gasteiger partial charge on any atom is 0.490 e. The number of carboxylic acids is 1. The average Bonchev–Trinajstić information content (AvgIpc) is 2.75. The van der Waals surface area contributed by atoms with Crippen LogP contribution in [-0.4, -0.2) is 70.9 Å². The van der Waals surface area contributed by atoms with Gasteiger partial charge in [-0.15, -0.1) is 0 Å². The minimum absolute atomic E-state index is 0.270. The number of aliphatic hydroxyl groups is 1. The molecular weight excluding hydrogens is 481 g/mol. The molecule has 1 heterocycles. The molecule has 6 N–H and O–H groups in total. The number of halogens is 4. The van der Waals surface area contributed by atoms with Gasteiger partial charge in [0.1, 0.15) is 12.1 Å². The molecule has 0 aromatic heterocycles. The molecule has 9 nitrogen and oxygen atoms in total. The van der Waals surface area contributed by atoms with Gasteiger partial charge in [-0.25, -0.2) is 4.79 Å². The highest BCUT2D eigenvalue weighted by Crippen LogP contribution is 2.22. The fourth-order valence-electron chi connectivity index (χ4n) is 2.99. The number of carboxylic acid groups (broad SMARTS) is 1. The number of hydrogen-bond acceptors (Lipinski definition) is 6. The Morgan fingerprint density at radius 3 is 2.35 bits per heavy atom. The third-order valence-electron chi connectivity index (χ3n) is 4.97. The summed E-state index contributed by atoms with van der Waals surface area (Å²) in [7, 11) is 0. The van der Waals surface area contributed by atoms with E-state index in [0.717, 1.165) is 11.1 Å². The molecule has 0 spiro atoms. The fourth-order valence-corrected chi connectivity index (χ4v) is 3.18. The third kappa shape index (κ3) is 8.75. The number of carbonyl (C=O) groups excluding carboxylic acids is 2. The number of aliphatic carboxylic acids is 1. The summed E-state index contributed by atoms with van der Waals surface area (Å²) in [4.78, 5) is 35.8. The summed E-state index contributed by atoms with van der Waals surface area (Å²) < 4.78 is 31.7. The van der Waals surface area contributed by atoms with Crippen molar-refractivity contribution in [1.82, 2.24) is 15.5 Å². The van der Waals surface area contributed by atoms with Gasteiger partial charge in [-0.3, -0.25) is 9.59 Å². The van der Waals surface area contributed by atoms with Crippen LogP contribution in [0.4, 0.5) is 13.2 Å². The molecule has 1 aliphatic rings. The predicted molar refractivity (Wildman–Crippen MR) is 119 cm³/mol. The molecule has 2 amide bonds. The molecule has 1 aromatic carbocycles. The third-order valence-corrected chi connectivity index (χ3v) is 5.20. The van der Waals surface area contributed by atoms with E-state index < -0.39 is 35.6 Å². The van der Waals surface area contributed by atoms with E-state index in [2.05, 4.69) is 10.6 Å². The Morgan fingerprint density at radius 2 is 1.85 bits per heavy atom. The molecule has 0 radical (unpaired) electrons. The number of rotatable bonds is 5. The minimum Gasteiger partial charge on any atom is -0.475 e. The fraction of sp³-hybridized carbons (Fsp3) is 0.571. The van der Waals surface area contributed by atoms with Crippen molar-refractivity contribution in [1.29, 1.82) is 0 Å². The van der Waals surface area contributed by atoms with Crippen molar-refractivity contribution in [3.8, 4) is 0 Å². The van der Waals surface area contributed by atoms with Gasteiger partial charge in [0.05, 0.1) is 0 Å². The van der Waals surface area contributed by atoms with Crippen molar-refractivity contribution in [3.05, 3.63) is 34.3 Å². The molecule has 1 saturated heterocycles. The topological polar surface area (TPSA) is 145 Å². The maximum atomic E-state index is 12.8. The zero-order valence-electron chi connectivity index (χ0n) is 19.1. The Labute approximate surface area is 200 Å². The van der Waals surface area contributed by atoms with Crippen molar-refractivity contribution < 1.29 is 37.8 Å². The van der Waals surface area contributed by atoms with Crippen LogP contribution >= 0.6 is 11.6 Å². The van der Waals surface area contributed by atoms with Gasteiger partial charge < -0.3 is 31.5 Å². The summed E-state index contributed by atoms with van der Waals surface area (Å²) in [6.07, 6.45) is -6.25.